The van der Waals surface area contributed by atoms with Crippen molar-refractivity contribution in [3.63, 3.8) is 0 Å². The summed E-state index contributed by atoms with van der Waals surface area (Å²) in [5.74, 6) is 3.35. The molecular formula is C24H23N7O2. The molecule has 0 aliphatic carbocycles. The number of nitrogens with zero attached hydrogens (tertiary/aromatic N) is 6. The molecule has 1 fully saturated rings. The molecule has 0 saturated carbocycles. The molecule has 0 radical (unpaired) electrons. The van der Waals surface area contributed by atoms with Gasteiger partial charge in [0.2, 0.25) is 0 Å². The first kappa shape index (κ1) is 20.6. The molecule has 1 aliphatic heterocycles. The standard InChI is InChI=1S/C24H23N7O2/c1-17-26-22(28-21-9-5-6-10-25-21)16-23(27-17)30-11-13-31(14-12-30)24(32)19-15-20(33-29-19)18-7-3-2-4-8-18/h2-10,15-16H,11-14H2,1H3,(H,25,26,27,28). The van der Waals surface area contributed by atoms with Crippen LogP contribution in [0.1, 0.15) is 16.3 Å². The highest BCUT2D eigenvalue weighted by Crippen LogP contribution is 2.23. The van der Waals surface area contributed by atoms with E-state index >= 15 is 0 Å². The summed E-state index contributed by atoms with van der Waals surface area (Å²) >= 11 is 0. The fourth-order valence-electron chi connectivity index (χ4n) is 3.76. The predicted octanol–water partition coefficient (Wildman–Crippen LogP) is 3.54. The Balaban J connectivity index is 1.24. The van der Waals surface area contributed by atoms with Gasteiger partial charge in [-0.2, -0.15) is 0 Å². The van der Waals surface area contributed by atoms with Gasteiger partial charge in [0.1, 0.15) is 23.3 Å². The van der Waals surface area contributed by atoms with Crippen molar-refractivity contribution in [3.8, 4) is 11.3 Å². The number of hydrogen-bond donors (Lipinski definition) is 1. The van der Waals surface area contributed by atoms with Gasteiger partial charge >= 0.3 is 0 Å². The summed E-state index contributed by atoms with van der Waals surface area (Å²) in [7, 11) is 0. The Kier molecular flexibility index (Phi) is 5.67. The molecule has 5 rings (SSSR count). The second-order valence-corrected chi connectivity index (χ2v) is 7.72. The van der Waals surface area contributed by atoms with Crippen LogP contribution >= 0.6 is 0 Å². The van der Waals surface area contributed by atoms with Crippen LogP contribution in [0.5, 0.6) is 0 Å². The summed E-state index contributed by atoms with van der Waals surface area (Å²) in [5, 5.41) is 7.21. The summed E-state index contributed by atoms with van der Waals surface area (Å²) in [6.45, 7) is 4.32. The molecule has 1 aliphatic rings. The van der Waals surface area contributed by atoms with E-state index in [0.29, 0.717) is 49.3 Å². The zero-order valence-electron chi connectivity index (χ0n) is 18.2. The number of anilines is 3. The van der Waals surface area contributed by atoms with E-state index in [1.165, 1.54) is 0 Å². The molecule has 1 aromatic carbocycles. The van der Waals surface area contributed by atoms with E-state index in [1.807, 2.05) is 61.5 Å². The minimum atomic E-state index is -0.128. The molecule has 0 bridgehead atoms. The van der Waals surface area contributed by atoms with Gasteiger partial charge in [-0.25, -0.2) is 15.0 Å². The topological polar surface area (TPSA) is 100 Å². The van der Waals surface area contributed by atoms with Crippen LogP contribution in [0.2, 0.25) is 0 Å². The molecule has 1 N–H and O–H groups in total. The zero-order valence-corrected chi connectivity index (χ0v) is 18.2. The second-order valence-electron chi connectivity index (χ2n) is 7.72. The third-order valence-electron chi connectivity index (χ3n) is 5.42. The summed E-state index contributed by atoms with van der Waals surface area (Å²) < 4.78 is 5.39. The molecule has 33 heavy (non-hydrogen) atoms. The maximum atomic E-state index is 12.9. The molecule has 1 saturated heterocycles. The number of amides is 1. The van der Waals surface area contributed by atoms with Crippen molar-refractivity contribution < 1.29 is 9.32 Å². The van der Waals surface area contributed by atoms with Crippen molar-refractivity contribution in [2.45, 2.75) is 6.92 Å². The monoisotopic (exact) mass is 441 g/mol. The second kappa shape index (κ2) is 9.07. The molecule has 9 nitrogen and oxygen atoms in total. The fraction of sp³-hybridized carbons (Fsp3) is 0.208. The first-order valence-electron chi connectivity index (χ1n) is 10.8. The normalized spacial score (nSPS) is 13.7. The Bertz CT molecular complexity index is 1240. The van der Waals surface area contributed by atoms with Crippen molar-refractivity contribution in [2.75, 3.05) is 36.4 Å². The van der Waals surface area contributed by atoms with Crippen LogP contribution in [0.4, 0.5) is 17.5 Å². The van der Waals surface area contributed by atoms with E-state index < -0.39 is 0 Å². The number of aryl methyl sites for hydroxylation is 1. The first-order valence-corrected chi connectivity index (χ1v) is 10.8. The molecule has 1 amide bonds. The third-order valence-corrected chi connectivity index (χ3v) is 5.42. The highest BCUT2D eigenvalue weighted by Gasteiger charge is 2.25. The lowest BCUT2D eigenvalue weighted by molar-refractivity contribution is 0.0736. The van der Waals surface area contributed by atoms with Crippen LogP contribution in [-0.4, -0.2) is 57.1 Å². The fourth-order valence-corrected chi connectivity index (χ4v) is 3.76. The lowest BCUT2D eigenvalue weighted by Gasteiger charge is -2.35. The van der Waals surface area contributed by atoms with Gasteiger partial charge in [-0.3, -0.25) is 4.79 Å². The SMILES string of the molecule is Cc1nc(Nc2ccccn2)cc(N2CCN(C(=O)c3cc(-c4ccccc4)on3)CC2)n1. The Morgan fingerprint density at radius 2 is 1.73 bits per heavy atom. The highest BCUT2D eigenvalue weighted by molar-refractivity contribution is 5.93. The van der Waals surface area contributed by atoms with Crippen LogP contribution in [0.3, 0.4) is 0 Å². The zero-order chi connectivity index (χ0) is 22.6. The van der Waals surface area contributed by atoms with Crippen LogP contribution < -0.4 is 10.2 Å². The number of pyridine rings is 1. The van der Waals surface area contributed by atoms with Crippen LogP contribution in [0, 0.1) is 6.92 Å². The van der Waals surface area contributed by atoms with Crippen molar-refractivity contribution >= 4 is 23.4 Å². The Morgan fingerprint density at radius 1 is 0.939 bits per heavy atom. The highest BCUT2D eigenvalue weighted by atomic mass is 16.5. The maximum absolute atomic E-state index is 12.9. The number of rotatable bonds is 5. The minimum Gasteiger partial charge on any atom is -0.355 e. The summed E-state index contributed by atoms with van der Waals surface area (Å²) in [6, 6.07) is 18.9. The maximum Gasteiger partial charge on any atom is 0.276 e. The Morgan fingerprint density at radius 3 is 2.48 bits per heavy atom. The van der Waals surface area contributed by atoms with Crippen molar-refractivity contribution in [1.29, 1.82) is 0 Å². The number of benzene rings is 1. The summed E-state index contributed by atoms with van der Waals surface area (Å²) in [4.78, 5) is 30.2. The van der Waals surface area contributed by atoms with E-state index in [-0.39, 0.29) is 5.91 Å². The number of hydrogen-bond acceptors (Lipinski definition) is 8. The van der Waals surface area contributed by atoms with Gasteiger partial charge < -0.3 is 19.6 Å². The largest absolute Gasteiger partial charge is 0.355 e. The van der Waals surface area contributed by atoms with Gasteiger partial charge in [0.05, 0.1) is 0 Å². The molecule has 9 heteroatoms. The van der Waals surface area contributed by atoms with Crippen LogP contribution in [0.25, 0.3) is 11.3 Å². The van der Waals surface area contributed by atoms with Crippen LogP contribution in [-0.2, 0) is 0 Å². The number of piperazine rings is 1. The molecule has 0 unspecified atom stereocenters. The van der Waals surface area contributed by atoms with Gasteiger partial charge in [-0.15, -0.1) is 0 Å². The summed E-state index contributed by atoms with van der Waals surface area (Å²) in [5.41, 5.74) is 1.21. The molecule has 166 valence electrons. The van der Waals surface area contributed by atoms with Gasteiger partial charge in [-0.1, -0.05) is 41.6 Å². The quantitative estimate of drug-likeness (QED) is 0.502. The van der Waals surface area contributed by atoms with Crippen molar-refractivity contribution in [1.82, 2.24) is 25.0 Å². The molecule has 0 spiro atoms. The van der Waals surface area contributed by atoms with E-state index in [1.54, 1.807) is 17.2 Å². The van der Waals surface area contributed by atoms with Crippen LogP contribution in [0.15, 0.2) is 71.4 Å². The van der Waals surface area contributed by atoms with E-state index in [0.717, 1.165) is 17.2 Å². The predicted molar refractivity (Wildman–Crippen MR) is 124 cm³/mol. The average molecular weight is 441 g/mol. The van der Waals surface area contributed by atoms with Gasteiger partial charge in [0, 0.05) is 50.1 Å². The van der Waals surface area contributed by atoms with Crippen molar-refractivity contribution in [2.24, 2.45) is 0 Å². The lowest BCUT2D eigenvalue weighted by atomic mass is 10.1. The number of aromatic nitrogens is 4. The number of carbonyl (C=O) groups is 1. The van der Waals surface area contributed by atoms with Crippen molar-refractivity contribution in [3.05, 3.63) is 78.4 Å². The summed E-state index contributed by atoms with van der Waals surface area (Å²) in [6.07, 6.45) is 1.73. The van der Waals surface area contributed by atoms with Gasteiger partial charge in [-0.05, 0) is 19.1 Å². The average Bonchev–Trinajstić information content (AvgIpc) is 3.35. The number of carbonyl (C=O) groups excluding carboxylic acids is 1. The Labute approximate surface area is 191 Å². The third kappa shape index (κ3) is 4.67. The van der Waals surface area contributed by atoms with Gasteiger partial charge in [0.15, 0.2) is 11.5 Å². The molecule has 4 heterocycles. The Hall–Kier alpha value is -4.27. The lowest BCUT2D eigenvalue weighted by Crippen LogP contribution is -2.49. The molecule has 0 atom stereocenters. The van der Waals surface area contributed by atoms with E-state index in [9.17, 15) is 4.79 Å². The molecule has 4 aromatic rings. The van der Waals surface area contributed by atoms with Gasteiger partial charge in [0.25, 0.3) is 5.91 Å². The van der Waals surface area contributed by atoms with E-state index in [4.69, 9.17) is 4.52 Å². The van der Waals surface area contributed by atoms with E-state index in [2.05, 4.69) is 30.3 Å². The number of nitrogens with one attached hydrogen (secondary N) is 1. The first-order chi connectivity index (χ1) is 16.2. The smallest absolute Gasteiger partial charge is 0.276 e. The molecular weight excluding hydrogens is 418 g/mol. The molecule has 3 aromatic heterocycles. The minimum absolute atomic E-state index is 0.128.